The van der Waals surface area contributed by atoms with Crippen LogP contribution in [-0.4, -0.2) is 135 Å². The predicted molar refractivity (Wildman–Crippen MR) is 193 cm³/mol. The molecule has 55 heavy (non-hydrogen) atoms. The van der Waals surface area contributed by atoms with Gasteiger partial charge >= 0.3 is 5.97 Å². The molecule has 4 saturated carbocycles. The highest BCUT2D eigenvalue weighted by atomic mass is 16.7. The number of carbonyl (C=O) groups is 1. The van der Waals surface area contributed by atoms with Crippen LogP contribution < -0.4 is 0 Å². The van der Waals surface area contributed by atoms with Crippen LogP contribution in [0.25, 0.3) is 0 Å². The molecule has 312 valence electrons. The smallest absolute Gasteiger partial charge is 0.331 e. The number of fused-ring (bicyclic) bond motifs is 5. The molecule has 4 heterocycles. The minimum absolute atomic E-state index is 0.0203. The van der Waals surface area contributed by atoms with Gasteiger partial charge in [-0.25, -0.2) is 4.79 Å². The lowest BCUT2D eigenvalue weighted by atomic mass is 9.43. The van der Waals surface area contributed by atoms with Gasteiger partial charge in [-0.1, -0.05) is 13.8 Å². The van der Waals surface area contributed by atoms with Crippen molar-refractivity contribution in [3.05, 3.63) is 11.6 Å². The summed E-state index contributed by atoms with van der Waals surface area (Å²) in [6.45, 7) is 9.98. The Hall–Kier alpha value is -1.27. The number of rotatable bonds is 7. The number of hydrogen-bond acceptors (Lipinski definition) is 14. The Morgan fingerprint density at radius 1 is 0.691 bits per heavy atom. The number of carbonyl (C=O) groups excluding carboxylic acids is 1. The fraction of sp³-hybridized carbons (Fsp3) is 0.927. The second-order valence-electron chi connectivity index (χ2n) is 18.9. The summed E-state index contributed by atoms with van der Waals surface area (Å²) in [4.78, 5) is 12.0. The van der Waals surface area contributed by atoms with Crippen molar-refractivity contribution >= 4 is 5.97 Å². The van der Waals surface area contributed by atoms with Gasteiger partial charge in [0.15, 0.2) is 18.9 Å². The van der Waals surface area contributed by atoms with Crippen LogP contribution in [0, 0.1) is 34.5 Å². The number of esters is 1. The van der Waals surface area contributed by atoms with Crippen molar-refractivity contribution in [3.8, 4) is 0 Å². The van der Waals surface area contributed by atoms with Gasteiger partial charge in [-0.05, 0) is 94.5 Å². The molecule has 8 aliphatic rings. The van der Waals surface area contributed by atoms with Gasteiger partial charge in [0, 0.05) is 43.1 Å². The van der Waals surface area contributed by atoms with Gasteiger partial charge in [-0.15, -0.1) is 0 Å². The summed E-state index contributed by atoms with van der Waals surface area (Å²) < 4.78 is 42.1. The highest BCUT2D eigenvalue weighted by Gasteiger charge is 2.70. The third kappa shape index (κ3) is 7.05. The molecule has 0 aromatic carbocycles. The number of hydrogen-bond donors (Lipinski definition) is 6. The van der Waals surface area contributed by atoms with Crippen LogP contribution in [0.2, 0.25) is 0 Å². The Labute approximate surface area is 323 Å². The molecular formula is C41H64O14. The molecule has 0 aromatic rings. The van der Waals surface area contributed by atoms with E-state index in [0.29, 0.717) is 18.3 Å². The molecule has 8 rings (SSSR count). The average Bonchev–Trinajstić information content (AvgIpc) is 3.62. The fourth-order valence-corrected chi connectivity index (χ4v) is 12.9. The zero-order valence-corrected chi connectivity index (χ0v) is 32.9. The molecule has 6 N–H and O–H groups in total. The summed E-state index contributed by atoms with van der Waals surface area (Å²) in [7, 11) is 0. The Balaban J connectivity index is 0.834. The molecule has 14 heteroatoms. The maximum absolute atomic E-state index is 12.6. The SMILES string of the molecule is CC1OC(OC2C(O)CC(OC3C(O)CC(OC4CC[C@@]5(C)C(CCC6C5CC[C@]5(C)C(C7=CC(=O)OC7)C(O)CC65O)C4)OC3C)OC2C)CC(O)C1O. The molecule has 21 atom stereocenters. The first kappa shape index (κ1) is 40.5. The number of aliphatic hydroxyl groups is 6. The van der Waals surface area contributed by atoms with E-state index in [4.69, 9.17) is 33.2 Å². The zero-order chi connectivity index (χ0) is 39.2. The monoisotopic (exact) mass is 780 g/mol. The molecular weight excluding hydrogens is 716 g/mol. The predicted octanol–water partition coefficient (Wildman–Crippen LogP) is 2.22. The van der Waals surface area contributed by atoms with Gasteiger partial charge in [0.1, 0.15) is 24.9 Å². The van der Waals surface area contributed by atoms with Crippen LogP contribution in [0.4, 0.5) is 0 Å². The maximum Gasteiger partial charge on any atom is 0.331 e. The average molecular weight is 781 g/mol. The summed E-state index contributed by atoms with van der Waals surface area (Å²) in [5, 5.41) is 66.3. The highest BCUT2D eigenvalue weighted by Crippen LogP contribution is 2.70. The van der Waals surface area contributed by atoms with E-state index in [0.717, 1.165) is 50.5 Å². The minimum atomic E-state index is -1.01. The second-order valence-corrected chi connectivity index (χ2v) is 18.9. The summed E-state index contributed by atoms with van der Waals surface area (Å²) in [5.41, 5.74) is -0.686. The van der Waals surface area contributed by atoms with Crippen molar-refractivity contribution in [1.82, 2.24) is 0 Å². The van der Waals surface area contributed by atoms with Crippen LogP contribution in [-0.2, 0) is 38.0 Å². The summed E-state index contributed by atoms with van der Waals surface area (Å²) in [6, 6.07) is 0. The Morgan fingerprint density at radius 3 is 1.87 bits per heavy atom. The second kappa shape index (κ2) is 15.1. The maximum atomic E-state index is 12.6. The molecule has 0 amide bonds. The standard InChI is InChI=1S/C41H64O14/c1-19-36(47)27(42)14-33(50-19)54-38-21(3)52-34(16-29(38)44)55-37-20(2)51-32(15-28(37)43)53-24-8-10-39(4)23(13-24)6-7-26-25(39)9-11-40(5)35(22-12-31(46)49-18-22)30(45)17-41(26,40)48/h12,19-21,23-30,32-38,42-45,47-48H,6-11,13-18H2,1-5H3/t19?,20?,21?,23?,24?,25?,26?,27?,28?,29?,30?,32?,33?,34?,35?,36?,37?,38?,39-,40+,41?/m0/s1. The van der Waals surface area contributed by atoms with Crippen LogP contribution in [0.15, 0.2) is 11.6 Å². The van der Waals surface area contributed by atoms with Crippen molar-refractivity contribution in [2.75, 3.05) is 6.61 Å². The van der Waals surface area contributed by atoms with Crippen molar-refractivity contribution in [2.24, 2.45) is 34.5 Å². The van der Waals surface area contributed by atoms with E-state index in [1.807, 2.05) is 6.92 Å². The first-order valence-electron chi connectivity index (χ1n) is 20.9. The number of aliphatic hydroxyl groups excluding tert-OH is 5. The summed E-state index contributed by atoms with van der Waals surface area (Å²) in [6.07, 6.45) is -1.26. The third-order valence-electron chi connectivity index (χ3n) is 15.8. The minimum Gasteiger partial charge on any atom is -0.458 e. The quantitative estimate of drug-likeness (QED) is 0.162. The van der Waals surface area contributed by atoms with Gasteiger partial charge in [0.25, 0.3) is 0 Å². The van der Waals surface area contributed by atoms with Crippen LogP contribution in [0.5, 0.6) is 0 Å². The van der Waals surface area contributed by atoms with Crippen molar-refractivity contribution < 1.29 is 68.6 Å². The number of cyclic esters (lactones) is 1. The molecule has 0 aromatic heterocycles. The highest BCUT2D eigenvalue weighted by molar-refractivity contribution is 5.85. The molecule has 4 aliphatic heterocycles. The van der Waals surface area contributed by atoms with Crippen LogP contribution in [0.1, 0.15) is 105 Å². The van der Waals surface area contributed by atoms with Crippen molar-refractivity contribution in [2.45, 2.75) is 197 Å². The Kier molecular flexibility index (Phi) is 11.1. The molecule has 19 unspecified atom stereocenters. The number of ether oxygens (including phenoxy) is 7. The first-order valence-corrected chi connectivity index (χ1v) is 20.9. The van der Waals surface area contributed by atoms with Gasteiger partial charge in [0.2, 0.25) is 0 Å². The van der Waals surface area contributed by atoms with Gasteiger partial charge < -0.3 is 63.8 Å². The normalized spacial score (nSPS) is 55.5. The molecule has 0 bridgehead atoms. The topological polar surface area (TPSA) is 203 Å². The summed E-state index contributed by atoms with van der Waals surface area (Å²) in [5.74, 6) is 0.174. The van der Waals surface area contributed by atoms with E-state index in [1.54, 1.807) is 13.8 Å². The molecule has 7 fully saturated rings. The van der Waals surface area contributed by atoms with E-state index in [-0.39, 0.29) is 55.2 Å². The van der Waals surface area contributed by atoms with Gasteiger partial charge in [-0.3, -0.25) is 0 Å². The Bertz CT molecular complexity index is 1410. The molecule has 3 saturated heterocycles. The molecule has 0 spiro atoms. The lowest BCUT2D eigenvalue weighted by Crippen LogP contribution is -2.62. The molecule has 0 radical (unpaired) electrons. The lowest BCUT2D eigenvalue weighted by molar-refractivity contribution is -0.336. The van der Waals surface area contributed by atoms with E-state index < -0.39 is 90.9 Å². The Morgan fingerprint density at radius 2 is 1.29 bits per heavy atom. The fourth-order valence-electron chi connectivity index (χ4n) is 12.9. The lowest BCUT2D eigenvalue weighted by Gasteiger charge is -2.63. The first-order chi connectivity index (χ1) is 26.0. The molecule has 14 nitrogen and oxygen atoms in total. The van der Waals surface area contributed by atoms with Gasteiger partial charge in [-0.2, -0.15) is 0 Å². The molecule has 4 aliphatic carbocycles. The van der Waals surface area contributed by atoms with Crippen LogP contribution in [0.3, 0.4) is 0 Å². The third-order valence-corrected chi connectivity index (χ3v) is 15.8. The van der Waals surface area contributed by atoms with E-state index in [2.05, 4.69) is 13.8 Å². The van der Waals surface area contributed by atoms with Crippen molar-refractivity contribution in [3.63, 3.8) is 0 Å². The van der Waals surface area contributed by atoms with Crippen LogP contribution >= 0.6 is 0 Å². The van der Waals surface area contributed by atoms with E-state index in [9.17, 15) is 35.4 Å². The summed E-state index contributed by atoms with van der Waals surface area (Å²) >= 11 is 0. The van der Waals surface area contributed by atoms with Crippen molar-refractivity contribution in [1.29, 1.82) is 0 Å². The largest absolute Gasteiger partial charge is 0.458 e. The van der Waals surface area contributed by atoms with E-state index >= 15 is 0 Å². The van der Waals surface area contributed by atoms with Gasteiger partial charge in [0.05, 0.1) is 54.4 Å². The zero-order valence-electron chi connectivity index (χ0n) is 32.9. The van der Waals surface area contributed by atoms with E-state index in [1.165, 1.54) is 6.08 Å².